The summed E-state index contributed by atoms with van der Waals surface area (Å²) >= 11 is 0. The van der Waals surface area contributed by atoms with Crippen molar-refractivity contribution in [3.05, 3.63) is 28.6 Å². The molecule has 3 N–H and O–H groups in total. The summed E-state index contributed by atoms with van der Waals surface area (Å²) in [4.78, 5) is 13.6. The second-order valence-corrected chi connectivity index (χ2v) is 3.03. The molecular weight excluding hydrogens is 198 g/mol. The highest BCUT2D eigenvalue weighted by atomic mass is 16.5. The molecule has 1 aromatic carbocycles. The Morgan fingerprint density at radius 3 is 2.67 bits per heavy atom. The van der Waals surface area contributed by atoms with Crippen LogP contribution >= 0.6 is 0 Å². The number of aromatic amines is 1. The van der Waals surface area contributed by atoms with E-state index >= 15 is 0 Å². The number of aromatic nitrogens is 1. The highest BCUT2D eigenvalue weighted by Gasteiger charge is 2.12. The number of aromatic hydroxyl groups is 2. The number of nitrogens with one attached hydrogen (secondary N) is 1. The van der Waals surface area contributed by atoms with Gasteiger partial charge in [0.2, 0.25) is 5.75 Å². The minimum absolute atomic E-state index is 0.339. The summed E-state index contributed by atoms with van der Waals surface area (Å²) < 4.78 is 5.01. The molecule has 0 atom stereocenters. The first-order valence-corrected chi connectivity index (χ1v) is 4.26. The van der Waals surface area contributed by atoms with Gasteiger partial charge in [0.05, 0.1) is 12.6 Å². The average molecular weight is 207 g/mol. The van der Waals surface area contributed by atoms with Gasteiger partial charge < -0.3 is 19.9 Å². The normalized spacial score (nSPS) is 10.5. The van der Waals surface area contributed by atoms with Crippen molar-refractivity contribution >= 4 is 10.9 Å². The van der Waals surface area contributed by atoms with Crippen LogP contribution in [0.2, 0.25) is 0 Å². The predicted molar refractivity (Wildman–Crippen MR) is 54.5 cm³/mol. The summed E-state index contributed by atoms with van der Waals surface area (Å²) in [5, 5.41) is 19.1. The standard InChI is InChI=1S/C10H9NO4/c1-15-6-4-2-3-5-7(6)11-10(14)9(13)8(5)12/h2-4,13H,1H3,(H2,11,12,14). The van der Waals surface area contributed by atoms with Gasteiger partial charge in [0.25, 0.3) is 5.56 Å². The van der Waals surface area contributed by atoms with Gasteiger partial charge in [-0.3, -0.25) is 4.79 Å². The Balaban J connectivity index is 2.98. The first-order valence-electron chi connectivity index (χ1n) is 4.26. The lowest BCUT2D eigenvalue weighted by Crippen LogP contribution is -2.05. The molecule has 5 heteroatoms. The smallest absolute Gasteiger partial charge is 0.294 e. The Morgan fingerprint density at radius 1 is 1.27 bits per heavy atom. The predicted octanol–water partition coefficient (Wildman–Crippen LogP) is 0.948. The summed E-state index contributed by atoms with van der Waals surface area (Å²) in [6.07, 6.45) is 0. The fourth-order valence-electron chi connectivity index (χ4n) is 1.44. The number of benzene rings is 1. The Morgan fingerprint density at radius 2 is 2.00 bits per heavy atom. The number of para-hydroxylation sites is 1. The first kappa shape index (κ1) is 9.39. The molecule has 0 bridgehead atoms. The van der Waals surface area contributed by atoms with E-state index in [1.807, 2.05) is 0 Å². The van der Waals surface area contributed by atoms with E-state index in [2.05, 4.69) is 4.98 Å². The Kier molecular flexibility index (Phi) is 2.00. The first-order chi connectivity index (χ1) is 7.15. The van der Waals surface area contributed by atoms with Crippen molar-refractivity contribution in [1.29, 1.82) is 0 Å². The third-order valence-electron chi connectivity index (χ3n) is 2.18. The van der Waals surface area contributed by atoms with E-state index in [1.165, 1.54) is 7.11 Å². The summed E-state index contributed by atoms with van der Waals surface area (Å²) in [5.41, 5.74) is -0.384. The molecule has 1 heterocycles. The molecule has 0 amide bonds. The van der Waals surface area contributed by atoms with Crippen molar-refractivity contribution in [2.24, 2.45) is 0 Å². The summed E-state index contributed by atoms with van der Waals surface area (Å²) in [5.74, 6) is -0.691. The van der Waals surface area contributed by atoms with Crippen LogP contribution in [0.25, 0.3) is 10.9 Å². The zero-order chi connectivity index (χ0) is 11.0. The van der Waals surface area contributed by atoms with Crippen molar-refractivity contribution < 1.29 is 14.9 Å². The van der Waals surface area contributed by atoms with E-state index < -0.39 is 17.1 Å². The fourth-order valence-corrected chi connectivity index (χ4v) is 1.44. The number of hydrogen-bond donors (Lipinski definition) is 3. The topological polar surface area (TPSA) is 82.5 Å². The van der Waals surface area contributed by atoms with Crippen LogP contribution in [0.3, 0.4) is 0 Å². The maximum Gasteiger partial charge on any atom is 0.294 e. The van der Waals surface area contributed by atoms with Crippen LogP contribution in [0.15, 0.2) is 23.0 Å². The molecule has 15 heavy (non-hydrogen) atoms. The van der Waals surface area contributed by atoms with Gasteiger partial charge in [-0.15, -0.1) is 0 Å². The third kappa shape index (κ3) is 1.28. The molecule has 2 aromatic rings. The molecule has 0 fully saturated rings. The van der Waals surface area contributed by atoms with Gasteiger partial charge in [-0.05, 0) is 12.1 Å². The maximum atomic E-state index is 11.2. The zero-order valence-corrected chi connectivity index (χ0v) is 7.94. The summed E-state index contributed by atoms with van der Waals surface area (Å²) in [6.45, 7) is 0. The van der Waals surface area contributed by atoms with E-state index in [0.29, 0.717) is 16.7 Å². The molecule has 0 aliphatic heterocycles. The van der Waals surface area contributed by atoms with Crippen molar-refractivity contribution in [3.8, 4) is 17.2 Å². The summed E-state index contributed by atoms with van der Waals surface area (Å²) in [6, 6.07) is 4.87. The number of pyridine rings is 1. The monoisotopic (exact) mass is 207 g/mol. The highest BCUT2D eigenvalue weighted by molar-refractivity contribution is 5.91. The molecule has 0 unspecified atom stereocenters. The molecule has 2 rings (SSSR count). The van der Waals surface area contributed by atoms with Crippen LogP contribution in [0.4, 0.5) is 0 Å². The Bertz CT molecular complexity index is 573. The van der Waals surface area contributed by atoms with E-state index in [0.717, 1.165) is 0 Å². The van der Waals surface area contributed by atoms with E-state index in [9.17, 15) is 15.0 Å². The van der Waals surface area contributed by atoms with Crippen LogP contribution < -0.4 is 10.3 Å². The quantitative estimate of drug-likeness (QED) is 0.650. The second-order valence-electron chi connectivity index (χ2n) is 3.03. The van der Waals surface area contributed by atoms with Gasteiger partial charge in [0, 0.05) is 5.39 Å². The molecule has 0 spiro atoms. The maximum absolute atomic E-state index is 11.2. The van der Waals surface area contributed by atoms with Gasteiger partial charge in [-0.2, -0.15) is 0 Å². The van der Waals surface area contributed by atoms with Crippen LogP contribution in [0.5, 0.6) is 17.2 Å². The van der Waals surface area contributed by atoms with Gasteiger partial charge >= 0.3 is 0 Å². The minimum Gasteiger partial charge on any atom is -0.504 e. The average Bonchev–Trinajstić information content (AvgIpc) is 2.25. The number of hydrogen-bond acceptors (Lipinski definition) is 4. The fraction of sp³-hybridized carbons (Fsp3) is 0.100. The highest BCUT2D eigenvalue weighted by Crippen LogP contribution is 2.32. The van der Waals surface area contributed by atoms with Gasteiger partial charge in [-0.1, -0.05) is 6.07 Å². The molecule has 0 radical (unpaired) electrons. The van der Waals surface area contributed by atoms with Gasteiger partial charge in [-0.25, -0.2) is 0 Å². The number of fused-ring (bicyclic) bond motifs is 1. The summed E-state index contributed by atoms with van der Waals surface area (Å²) in [7, 11) is 1.46. The SMILES string of the molecule is COc1cccc2c(O)c(O)c(=O)[nH]c12. The van der Waals surface area contributed by atoms with E-state index in [-0.39, 0.29) is 0 Å². The number of H-pyrrole nitrogens is 1. The molecule has 0 saturated carbocycles. The van der Waals surface area contributed by atoms with Crippen molar-refractivity contribution in [2.45, 2.75) is 0 Å². The second kappa shape index (κ2) is 3.20. The molecule has 0 aliphatic rings. The number of rotatable bonds is 1. The molecular formula is C10H9NO4. The third-order valence-corrected chi connectivity index (χ3v) is 2.18. The Hall–Kier alpha value is -2.17. The zero-order valence-electron chi connectivity index (χ0n) is 7.94. The van der Waals surface area contributed by atoms with Crippen molar-refractivity contribution in [1.82, 2.24) is 4.98 Å². The van der Waals surface area contributed by atoms with E-state index in [1.54, 1.807) is 18.2 Å². The largest absolute Gasteiger partial charge is 0.504 e. The molecule has 78 valence electrons. The van der Waals surface area contributed by atoms with Crippen LogP contribution in [0.1, 0.15) is 0 Å². The van der Waals surface area contributed by atoms with Crippen molar-refractivity contribution in [2.75, 3.05) is 7.11 Å². The van der Waals surface area contributed by atoms with Gasteiger partial charge in [0.1, 0.15) is 5.75 Å². The van der Waals surface area contributed by atoms with Crippen LogP contribution in [-0.2, 0) is 0 Å². The minimum atomic E-state index is -0.746. The van der Waals surface area contributed by atoms with E-state index in [4.69, 9.17) is 4.74 Å². The lowest BCUT2D eigenvalue weighted by Gasteiger charge is -2.06. The molecule has 5 nitrogen and oxygen atoms in total. The molecule has 0 saturated heterocycles. The van der Waals surface area contributed by atoms with Crippen LogP contribution in [0, 0.1) is 0 Å². The van der Waals surface area contributed by atoms with Crippen LogP contribution in [-0.4, -0.2) is 22.3 Å². The molecule has 0 aliphatic carbocycles. The van der Waals surface area contributed by atoms with Crippen molar-refractivity contribution in [3.63, 3.8) is 0 Å². The van der Waals surface area contributed by atoms with Gasteiger partial charge in [0.15, 0.2) is 5.75 Å². The molecule has 1 aromatic heterocycles. The lowest BCUT2D eigenvalue weighted by atomic mass is 10.2. The Labute approximate surface area is 84.6 Å². The lowest BCUT2D eigenvalue weighted by molar-refractivity contribution is 0.400. The number of ether oxygens (including phenoxy) is 1. The number of methoxy groups -OCH3 is 1.